The van der Waals surface area contributed by atoms with E-state index in [2.05, 4.69) is 13.8 Å². The zero-order chi connectivity index (χ0) is 21.8. The number of hydrogen-bond acceptors (Lipinski definition) is 2. The topological polar surface area (TPSA) is 26.3 Å². The highest BCUT2D eigenvalue weighted by molar-refractivity contribution is 6.30. The first-order valence-corrected chi connectivity index (χ1v) is 13.1. The van der Waals surface area contributed by atoms with Gasteiger partial charge in [0.25, 0.3) is 0 Å². The number of carbonyl (C=O) groups excluding carboxylic acids is 1. The van der Waals surface area contributed by atoms with Crippen molar-refractivity contribution in [3.05, 3.63) is 34.9 Å². The molecule has 5 rings (SSSR count). The Bertz CT molecular complexity index is 819. The average molecular weight is 443 g/mol. The fourth-order valence-corrected chi connectivity index (χ4v) is 9.19. The number of fused-ring (bicyclic) bond motifs is 5. The largest absolute Gasteiger partial charge is 0.384 e. The van der Waals surface area contributed by atoms with Crippen molar-refractivity contribution >= 4 is 17.4 Å². The number of ketones is 1. The third kappa shape index (κ3) is 3.43. The Morgan fingerprint density at radius 2 is 1.81 bits per heavy atom. The Morgan fingerprint density at radius 1 is 1.03 bits per heavy atom. The molecule has 0 saturated heterocycles. The zero-order valence-corrected chi connectivity index (χ0v) is 20.3. The number of ether oxygens (including phenoxy) is 1. The Morgan fingerprint density at radius 3 is 2.55 bits per heavy atom. The van der Waals surface area contributed by atoms with Crippen molar-refractivity contribution in [2.45, 2.75) is 71.6 Å². The number of benzene rings is 1. The van der Waals surface area contributed by atoms with Gasteiger partial charge >= 0.3 is 0 Å². The van der Waals surface area contributed by atoms with Gasteiger partial charge in [-0.1, -0.05) is 31.9 Å². The van der Waals surface area contributed by atoms with Crippen LogP contribution in [0.15, 0.2) is 24.3 Å². The first kappa shape index (κ1) is 22.0. The van der Waals surface area contributed by atoms with Gasteiger partial charge in [-0.15, -0.1) is 0 Å². The van der Waals surface area contributed by atoms with Crippen LogP contribution >= 0.6 is 11.6 Å². The van der Waals surface area contributed by atoms with Crippen molar-refractivity contribution in [2.75, 3.05) is 13.7 Å². The van der Waals surface area contributed by atoms with E-state index in [9.17, 15) is 4.79 Å². The molecule has 0 heterocycles. The number of methoxy groups -OCH3 is 1. The third-order valence-electron chi connectivity index (χ3n) is 10.5. The maximum atomic E-state index is 13.5. The monoisotopic (exact) mass is 442 g/mol. The Labute approximate surface area is 193 Å². The van der Waals surface area contributed by atoms with E-state index in [4.69, 9.17) is 16.3 Å². The van der Waals surface area contributed by atoms with E-state index >= 15 is 0 Å². The minimum Gasteiger partial charge on any atom is -0.384 e. The van der Waals surface area contributed by atoms with E-state index < -0.39 is 0 Å². The molecule has 4 aliphatic rings. The van der Waals surface area contributed by atoms with Gasteiger partial charge in [0.1, 0.15) is 0 Å². The molecular weight excluding hydrogens is 404 g/mol. The van der Waals surface area contributed by atoms with Gasteiger partial charge in [-0.3, -0.25) is 4.79 Å². The van der Waals surface area contributed by atoms with Gasteiger partial charge < -0.3 is 4.74 Å². The van der Waals surface area contributed by atoms with Gasteiger partial charge in [0, 0.05) is 23.6 Å². The van der Waals surface area contributed by atoms with E-state index in [0.29, 0.717) is 22.1 Å². The van der Waals surface area contributed by atoms with E-state index in [1.165, 1.54) is 51.4 Å². The summed E-state index contributed by atoms with van der Waals surface area (Å²) >= 11 is 6.07. The minimum absolute atomic E-state index is 0.154. The molecule has 0 bridgehead atoms. The molecular formula is C28H39ClO2. The zero-order valence-electron chi connectivity index (χ0n) is 19.5. The van der Waals surface area contributed by atoms with Crippen LogP contribution in [-0.4, -0.2) is 19.5 Å². The molecule has 170 valence electrons. The molecule has 4 fully saturated rings. The highest BCUT2D eigenvalue weighted by Crippen LogP contribution is 2.68. The maximum Gasteiger partial charge on any atom is 0.166 e. The Balaban J connectivity index is 1.41. The van der Waals surface area contributed by atoms with Crippen molar-refractivity contribution < 1.29 is 9.53 Å². The molecule has 2 nitrogen and oxygen atoms in total. The van der Waals surface area contributed by atoms with Crippen molar-refractivity contribution in [3.8, 4) is 0 Å². The summed E-state index contributed by atoms with van der Waals surface area (Å²) in [5.74, 6) is 4.50. The van der Waals surface area contributed by atoms with Crippen LogP contribution in [0.4, 0.5) is 0 Å². The molecule has 3 heteroatoms. The van der Waals surface area contributed by atoms with Crippen molar-refractivity contribution in [1.29, 1.82) is 0 Å². The van der Waals surface area contributed by atoms with Gasteiger partial charge in [0.15, 0.2) is 5.78 Å². The summed E-state index contributed by atoms with van der Waals surface area (Å²) in [7, 11) is 1.91. The third-order valence-corrected chi connectivity index (χ3v) is 10.7. The smallest absolute Gasteiger partial charge is 0.166 e. The van der Waals surface area contributed by atoms with Crippen molar-refractivity contribution in [1.82, 2.24) is 0 Å². The number of hydrogen-bond donors (Lipinski definition) is 0. The van der Waals surface area contributed by atoms with Gasteiger partial charge in [-0.05, 0) is 116 Å². The summed E-state index contributed by atoms with van der Waals surface area (Å²) in [6, 6.07) is 7.57. The quantitative estimate of drug-likeness (QED) is 0.452. The van der Waals surface area contributed by atoms with Crippen LogP contribution in [0.2, 0.25) is 5.02 Å². The van der Waals surface area contributed by atoms with Gasteiger partial charge in [-0.25, -0.2) is 0 Å². The second-order valence-electron chi connectivity index (χ2n) is 11.7. The normalized spacial score (nSPS) is 44.3. The number of carbonyl (C=O) groups is 1. The number of Topliss-reactive ketones (excluding diaryl/α,β-unsaturated/α-hetero) is 1. The first-order valence-electron chi connectivity index (χ1n) is 12.7. The van der Waals surface area contributed by atoms with E-state index in [0.717, 1.165) is 42.3 Å². The highest BCUT2D eigenvalue weighted by Gasteiger charge is 2.62. The molecule has 0 amide bonds. The summed E-state index contributed by atoms with van der Waals surface area (Å²) in [6.45, 7) is 5.85. The van der Waals surface area contributed by atoms with Crippen molar-refractivity contribution in [3.63, 3.8) is 0 Å². The van der Waals surface area contributed by atoms with E-state index in [1.807, 2.05) is 31.4 Å². The fraction of sp³-hybridized carbons (Fsp3) is 0.750. The van der Waals surface area contributed by atoms with Crippen LogP contribution in [0.1, 0.15) is 82.0 Å². The SMILES string of the molecule is COCC12CCC(C)CC1CCC1C3CCC(C(=O)c4ccc(Cl)cc4)C3(C)CCC12. The predicted octanol–water partition coefficient (Wildman–Crippen LogP) is 7.44. The molecule has 1 aromatic carbocycles. The maximum absolute atomic E-state index is 13.5. The molecule has 4 aliphatic carbocycles. The molecule has 31 heavy (non-hydrogen) atoms. The lowest BCUT2D eigenvalue weighted by Crippen LogP contribution is -2.56. The lowest BCUT2D eigenvalue weighted by atomic mass is 9.43. The average Bonchev–Trinajstić information content (AvgIpc) is 3.11. The molecule has 4 saturated carbocycles. The second kappa shape index (κ2) is 8.17. The van der Waals surface area contributed by atoms with Gasteiger partial charge in [-0.2, -0.15) is 0 Å². The Hall–Kier alpha value is -0.860. The number of halogens is 1. The summed E-state index contributed by atoms with van der Waals surface area (Å²) < 4.78 is 5.92. The van der Waals surface area contributed by atoms with E-state index in [-0.39, 0.29) is 11.3 Å². The minimum atomic E-state index is 0.154. The van der Waals surface area contributed by atoms with Crippen LogP contribution in [0, 0.1) is 46.3 Å². The molecule has 0 radical (unpaired) electrons. The predicted molar refractivity (Wildman–Crippen MR) is 126 cm³/mol. The standard InChI is InChI=1S/C28H39ClO2/c1-18-12-15-28(17-31-3)20(16-18)6-9-22-23-10-11-25(27(23,2)14-13-24(22)28)26(30)19-4-7-21(29)8-5-19/h4-5,7-8,18,20,22-25H,6,9-17H2,1-3H3. The summed E-state index contributed by atoms with van der Waals surface area (Å²) in [4.78, 5) is 13.5. The van der Waals surface area contributed by atoms with E-state index in [1.54, 1.807) is 0 Å². The summed E-state index contributed by atoms with van der Waals surface area (Å²) in [5, 5.41) is 0.703. The first-order chi connectivity index (χ1) is 14.9. The highest BCUT2D eigenvalue weighted by atomic mass is 35.5. The van der Waals surface area contributed by atoms with Crippen LogP contribution < -0.4 is 0 Å². The number of rotatable bonds is 4. The molecule has 0 spiro atoms. The fourth-order valence-electron chi connectivity index (χ4n) is 9.06. The molecule has 8 unspecified atom stereocenters. The van der Waals surface area contributed by atoms with Crippen molar-refractivity contribution in [2.24, 2.45) is 46.3 Å². The molecule has 1 aromatic rings. The van der Waals surface area contributed by atoms with Crippen LogP contribution in [-0.2, 0) is 4.74 Å². The lowest BCUT2D eigenvalue weighted by Gasteiger charge is -2.61. The van der Waals surface area contributed by atoms with Crippen LogP contribution in [0.25, 0.3) is 0 Å². The second-order valence-corrected chi connectivity index (χ2v) is 12.2. The molecule has 0 aromatic heterocycles. The van der Waals surface area contributed by atoms with Crippen LogP contribution in [0.5, 0.6) is 0 Å². The molecule has 0 N–H and O–H groups in total. The van der Waals surface area contributed by atoms with Gasteiger partial charge in [0.2, 0.25) is 0 Å². The summed E-state index contributed by atoms with van der Waals surface area (Å²) in [5.41, 5.74) is 1.39. The lowest BCUT2D eigenvalue weighted by molar-refractivity contribution is -0.148. The van der Waals surface area contributed by atoms with Crippen LogP contribution in [0.3, 0.4) is 0 Å². The molecule has 0 aliphatic heterocycles. The summed E-state index contributed by atoms with van der Waals surface area (Å²) in [6.07, 6.45) is 11.6. The Kier molecular flexibility index (Phi) is 5.79. The molecule has 8 atom stereocenters. The van der Waals surface area contributed by atoms with Gasteiger partial charge in [0.05, 0.1) is 6.61 Å².